The monoisotopic (exact) mass is 81.0 g/mol. The van der Waals surface area contributed by atoms with Gasteiger partial charge in [0.15, 0.2) is 0 Å². The maximum atomic E-state index is 8.35. The summed E-state index contributed by atoms with van der Waals surface area (Å²) < 4.78 is 16.7. The van der Waals surface area contributed by atoms with Crippen molar-refractivity contribution in [3.63, 3.8) is 0 Å². The second-order valence-corrected chi connectivity index (χ2v) is 0.224. The van der Waals surface area contributed by atoms with Crippen molar-refractivity contribution >= 4 is 8.34 Å². The van der Waals surface area contributed by atoms with Crippen LogP contribution < -0.4 is 0 Å². The predicted octanol–water partition coefficient (Wildman–Crippen LogP) is -0.201. The SMILES string of the molecule is O.O=[P+]=O. The summed E-state index contributed by atoms with van der Waals surface area (Å²) in [6.45, 7) is 0. The van der Waals surface area contributed by atoms with Crippen LogP contribution in [-0.2, 0) is 9.13 Å². The van der Waals surface area contributed by atoms with Gasteiger partial charge in [0.2, 0.25) is 0 Å². The summed E-state index contributed by atoms with van der Waals surface area (Å²) in [6.07, 6.45) is 0. The molecule has 0 aromatic heterocycles. The molecule has 0 aliphatic rings. The molecule has 0 radical (unpaired) electrons. The van der Waals surface area contributed by atoms with E-state index >= 15 is 0 Å². The fourth-order valence-electron chi connectivity index (χ4n) is 0. The van der Waals surface area contributed by atoms with Crippen LogP contribution in [0, 0.1) is 0 Å². The van der Waals surface area contributed by atoms with Crippen molar-refractivity contribution in [2.75, 3.05) is 0 Å². The van der Waals surface area contributed by atoms with E-state index in [1.165, 1.54) is 0 Å². The van der Waals surface area contributed by atoms with Crippen molar-refractivity contribution in [1.82, 2.24) is 0 Å². The Morgan fingerprint density at radius 1 is 1.25 bits per heavy atom. The molecular weight excluding hydrogens is 79.0 g/mol. The Balaban J connectivity index is 0. The summed E-state index contributed by atoms with van der Waals surface area (Å²) >= 11 is 0. The van der Waals surface area contributed by atoms with Crippen LogP contribution in [0.15, 0.2) is 0 Å². The van der Waals surface area contributed by atoms with Crippen molar-refractivity contribution in [2.24, 2.45) is 0 Å². The Kier molecular flexibility index (Phi) is 27.2. The predicted molar refractivity (Wildman–Crippen MR) is 11.9 cm³/mol. The van der Waals surface area contributed by atoms with Crippen LogP contribution in [-0.4, -0.2) is 5.48 Å². The van der Waals surface area contributed by atoms with E-state index in [-0.39, 0.29) is 5.48 Å². The fourth-order valence-corrected chi connectivity index (χ4v) is 0. The molecule has 0 bridgehead atoms. The van der Waals surface area contributed by atoms with Gasteiger partial charge in [-0.1, -0.05) is 0 Å². The first-order chi connectivity index (χ1) is 1.41. The topological polar surface area (TPSA) is 65.6 Å². The van der Waals surface area contributed by atoms with Crippen LogP contribution >= 0.6 is 8.34 Å². The quantitative estimate of drug-likeness (QED) is 0.379. The summed E-state index contributed by atoms with van der Waals surface area (Å²) in [5.41, 5.74) is 0. The second-order valence-electron chi connectivity index (χ2n) is 0.0745. The second kappa shape index (κ2) is 12.1. The van der Waals surface area contributed by atoms with Gasteiger partial charge in [-0.25, -0.2) is 0 Å². The van der Waals surface area contributed by atoms with Gasteiger partial charge in [0.05, 0.1) is 0 Å². The third-order valence-corrected chi connectivity index (χ3v) is 0. The Hall–Kier alpha value is -0.0100. The molecule has 0 heterocycles. The molecule has 3 nitrogen and oxygen atoms in total. The van der Waals surface area contributed by atoms with E-state index in [4.69, 9.17) is 9.13 Å². The van der Waals surface area contributed by atoms with Crippen molar-refractivity contribution < 1.29 is 14.6 Å². The Morgan fingerprint density at radius 3 is 1.25 bits per heavy atom. The number of rotatable bonds is 0. The van der Waals surface area contributed by atoms with Gasteiger partial charge >= 0.3 is 17.5 Å². The van der Waals surface area contributed by atoms with E-state index in [2.05, 4.69) is 0 Å². The third-order valence-electron chi connectivity index (χ3n) is 0. The molecule has 0 atom stereocenters. The zero-order valence-electron chi connectivity index (χ0n) is 1.76. The molecule has 4 heteroatoms. The minimum absolute atomic E-state index is 0. The summed E-state index contributed by atoms with van der Waals surface area (Å²) in [6, 6.07) is 0. The van der Waals surface area contributed by atoms with E-state index in [1.54, 1.807) is 0 Å². The zero-order chi connectivity index (χ0) is 2.71. The van der Waals surface area contributed by atoms with Crippen molar-refractivity contribution in [3.8, 4) is 0 Å². The van der Waals surface area contributed by atoms with E-state index < -0.39 is 8.34 Å². The van der Waals surface area contributed by atoms with E-state index in [1.807, 2.05) is 0 Å². The molecule has 0 unspecified atom stereocenters. The van der Waals surface area contributed by atoms with Crippen LogP contribution in [0.1, 0.15) is 0 Å². The summed E-state index contributed by atoms with van der Waals surface area (Å²) in [7, 11) is -1.08. The van der Waals surface area contributed by atoms with Crippen LogP contribution in [0.4, 0.5) is 0 Å². The molecule has 0 amide bonds. The normalized spacial score (nSPS) is 2.00. The standard InChI is InChI=1S/O2P.H2O/c1-3-2;/h;1H2/q+1;. The first-order valence-corrected chi connectivity index (χ1v) is 1.10. The van der Waals surface area contributed by atoms with Crippen LogP contribution in [0.5, 0.6) is 0 Å². The Labute approximate surface area is 24.2 Å². The van der Waals surface area contributed by atoms with Gasteiger partial charge < -0.3 is 5.48 Å². The van der Waals surface area contributed by atoms with E-state index in [9.17, 15) is 0 Å². The first kappa shape index (κ1) is 9.01. The number of hydrogen-bond acceptors (Lipinski definition) is 2. The summed E-state index contributed by atoms with van der Waals surface area (Å²) in [4.78, 5) is 0. The van der Waals surface area contributed by atoms with Gasteiger partial charge in [-0.05, 0) is 0 Å². The molecule has 0 aliphatic carbocycles. The van der Waals surface area contributed by atoms with Gasteiger partial charge in [-0.2, -0.15) is 0 Å². The van der Waals surface area contributed by atoms with Gasteiger partial charge in [0.1, 0.15) is 0 Å². The first-order valence-electron chi connectivity index (χ1n) is 0.365. The molecule has 0 fully saturated rings. The van der Waals surface area contributed by atoms with Gasteiger partial charge in [0, 0.05) is 0 Å². The molecule has 0 spiro atoms. The fraction of sp³-hybridized carbons (Fsp3) is 0. The molecule has 0 aliphatic heterocycles. The Bertz CT molecular complexity index is 24.3. The molecule has 0 aromatic rings. The molecule has 0 rings (SSSR count). The van der Waals surface area contributed by atoms with Crippen LogP contribution in [0.2, 0.25) is 0 Å². The molecule has 4 heavy (non-hydrogen) atoms. The molecule has 2 N–H and O–H groups in total. The van der Waals surface area contributed by atoms with Crippen molar-refractivity contribution in [3.05, 3.63) is 0 Å². The molecular formula is H2O3P+. The summed E-state index contributed by atoms with van der Waals surface area (Å²) in [5.74, 6) is 0. The van der Waals surface area contributed by atoms with E-state index in [0.29, 0.717) is 0 Å². The molecule has 0 saturated carbocycles. The number of hydrogen-bond donors (Lipinski definition) is 0. The summed E-state index contributed by atoms with van der Waals surface area (Å²) in [5, 5.41) is 0. The molecule has 0 saturated heterocycles. The maximum absolute atomic E-state index is 8.35. The van der Waals surface area contributed by atoms with Crippen molar-refractivity contribution in [1.29, 1.82) is 0 Å². The van der Waals surface area contributed by atoms with Gasteiger partial charge in [-0.15, -0.1) is 0 Å². The minimum atomic E-state index is -1.08. The molecule has 0 aromatic carbocycles. The average Bonchev–Trinajstić information content (AvgIpc) is 0.918. The van der Waals surface area contributed by atoms with Gasteiger partial charge in [-0.3, -0.25) is 0 Å². The third kappa shape index (κ3) is 19500. The van der Waals surface area contributed by atoms with E-state index in [0.717, 1.165) is 0 Å². The zero-order valence-corrected chi connectivity index (χ0v) is 2.66. The van der Waals surface area contributed by atoms with Crippen molar-refractivity contribution in [2.45, 2.75) is 0 Å². The van der Waals surface area contributed by atoms with Gasteiger partial charge in [0.25, 0.3) is 0 Å². The Morgan fingerprint density at radius 2 is 1.25 bits per heavy atom. The molecule has 24 valence electrons. The van der Waals surface area contributed by atoms with Crippen LogP contribution in [0.3, 0.4) is 0 Å². The average molecular weight is 81.0 g/mol. The van der Waals surface area contributed by atoms with Crippen LogP contribution in [0.25, 0.3) is 0 Å².